The Morgan fingerprint density at radius 1 is 1.32 bits per heavy atom. The number of piperazine rings is 1. The van der Waals surface area contributed by atoms with Gasteiger partial charge in [-0.05, 0) is 19.2 Å². The average molecular weight is 261 g/mol. The maximum Gasteiger partial charge on any atom is 0.269 e. The van der Waals surface area contributed by atoms with Gasteiger partial charge in [0.15, 0.2) is 6.10 Å². The molecule has 1 N–H and O–H groups in total. The fourth-order valence-electron chi connectivity index (χ4n) is 2.72. The van der Waals surface area contributed by atoms with Crippen LogP contribution in [0.2, 0.25) is 0 Å². The van der Waals surface area contributed by atoms with Crippen LogP contribution in [0.15, 0.2) is 24.3 Å². The lowest BCUT2D eigenvalue weighted by Crippen LogP contribution is -2.61. The minimum Gasteiger partial charge on any atom is -0.477 e. The molecule has 2 aliphatic heterocycles. The monoisotopic (exact) mass is 261 g/mol. The Balaban J connectivity index is 1.86. The number of nitrogens with one attached hydrogen (secondary N) is 1. The van der Waals surface area contributed by atoms with Gasteiger partial charge in [-0.1, -0.05) is 12.1 Å². The molecule has 0 spiro atoms. The fraction of sp³-hybridized carbons (Fsp3) is 0.500. The predicted octanol–water partition coefficient (Wildman–Crippen LogP) is 0.314. The molecule has 0 radical (unpaired) electrons. The molecule has 0 aromatic heterocycles. The molecule has 5 heteroatoms. The SMILES string of the molecule is CN1CCNC(C2Oc3ccccc3N(C)C2=O)C1. The highest BCUT2D eigenvalue weighted by molar-refractivity contribution is 6.00. The molecule has 5 nitrogen and oxygen atoms in total. The Bertz CT molecular complexity index is 491. The lowest BCUT2D eigenvalue weighted by Gasteiger charge is -2.39. The third kappa shape index (κ3) is 2.19. The Morgan fingerprint density at radius 3 is 2.89 bits per heavy atom. The molecule has 1 aromatic carbocycles. The largest absolute Gasteiger partial charge is 0.477 e. The molecule has 0 bridgehead atoms. The summed E-state index contributed by atoms with van der Waals surface area (Å²) in [6.45, 7) is 2.72. The molecular formula is C14H19N3O2. The first-order valence-corrected chi connectivity index (χ1v) is 6.62. The third-order valence-electron chi connectivity index (χ3n) is 3.83. The van der Waals surface area contributed by atoms with Crippen molar-refractivity contribution in [2.24, 2.45) is 0 Å². The van der Waals surface area contributed by atoms with Gasteiger partial charge in [0.05, 0.1) is 11.7 Å². The van der Waals surface area contributed by atoms with Crippen molar-refractivity contribution in [3.8, 4) is 5.75 Å². The molecule has 3 rings (SSSR count). The summed E-state index contributed by atoms with van der Waals surface area (Å²) in [6.07, 6.45) is -0.442. The van der Waals surface area contributed by atoms with E-state index in [-0.39, 0.29) is 11.9 Å². The van der Waals surface area contributed by atoms with Gasteiger partial charge in [0.2, 0.25) is 0 Å². The number of fused-ring (bicyclic) bond motifs is 1. The highest BCUT2D eigenvalue weighted by Gasteiger charge is 2.39. The van der Waals surface area contributed by atoms with Gasteiger partial charge >= 0.3 is 0 Å². The van der Waals surface area contributed by atoms with Gasteiger partial charge in [0, 0.05) is 26.7 Å². The Kier molecular flexibility index (Phi) is 3.16. The standard InChI is InChI=1S/C14H19N3O2/c1-16-8-7-15-10(9-16)13-14(18)17(2)11-5-3-4-6-12(11)19-13/h3-6,10,13,15H,7-9H2,1-2H3. The number of nitrogens with zero attached hydrogens (tertiary/aromatic N) is 2. The Labute approximate surface area is 113 Å². The van der Waals surface area contributed by atoms with Crippen molar-refractivity contribution in [3.05, 3.63) is 24.3 Å². The second-order valence-corrected chi connectivity index (χ2v) is 5.23. The quantitative estimate of drug-likeness (QED) is 0.790. The van der Waals surface area contributed by atoms with Crippen LogP contribution in [-0.4, -0.2) is 56.7 Å². The zero-order valence-corrected chi connectivity index (χ0v) is 11.3. The van der Waals surface area contributed by atoms with Gasteiger partial charge in [-0.3, -0.25) is 4.79 Å². The van der Waals surface area contributed by atoms with Crippen LogP contribution < -0.4 is 15.0 Å². The lowest BCUT2D eigenvalue weighted by atomic mass is 10.0. The first-order valence-electron chi connectivity index (χ1n) is 6.62. The van der Waals surface area contributed by atoms with Crippen molar-refractivity contribution in [1.82, 2.24) is 10.2 Å². The van der Waals surface area contributed by atoms with Gasteiger partial charge in [0.25, 0.3) is 5.91 Å². The van der Waals surface area contributed by atoms with Gasteiger partial charge in [-0.2, -0.15) is 0 Å². The highest BCUT2D eigenvalue weighted by Crippen LogP contribution is 2.33. The molecule has 2 heterocycles. The summed E-state index contributed by atoms with van der Waals surface area (Å²) < 4.78 is 5.92. The van der Waals surface area contributed by atoms with Gasteiger partial charge in [0.1, 0.15) is 5.75 Å². The maximum absolute atomic E-state index is 12.4. The van der Waals surface area contributed by atoms with E-state index >= 15 is 0 Å². The summed E-state index contributed by atoms with van der Waals surface area (Å²) in [7, 11) is 3.88. The van der Waals surface area contributed by atoms with E-state index in [4.69, 9.17) is 4.74 Å². The van der Waals surface area contributed by atoms with Crippen LogP contribution >= 0.6 is 0 Å². The minimum absolute atomic E-state index is 0.0199. The summed E-state index contributed by atoms with van der Waals surface area (Å²) >= 11 is 0. The smallest absolute Gasteiger partial charge is 0.269 e. The second-order valence-electron chi connectivity index (χ2n) is 5.23. The zero-order valence-electron chi connectivity index (χ0n) is 11.3. The van der Waals surface area contributed by atoms with Crippen molar-refractivity contribution in [1.29, 1.82) is 0 Å². The van der Waals surface area contributed by atoms with Crippen molar-refractivity contribution < 1.29 is 9.53 Å². The van der Waals surface area contributed by atoms with Crippen LogP contribution in [0.5, 0.6) is 5.75 Å². The van der Waals surface area contributed by atoms with E-state index in [0.717, 1.165) is 31.1 Å². The number of carbonyl (C=O) groups is 1. The number of anilines is 1. The fourth-order valence-corrected chi connectivity index (χ4v) is 2.72. The normalized spacial score (nSPS) is 27.9. The number of ether oxygens (including phenoxy) is 1. The summed E-state index contributed by atoms with van der Waals surface area (Å²) in [5.41, 5.74) is 0.841. The molecule has 1 saturated heterocycles. The van der Waals surface area contributed by atoms with E-state index in [1.54, 1.807) is 4.90 Å². The molecule has 2 aliphatic rings. The third-order valence-corrected chi connectivity index (χ3v) is 3.83. The van der Waals surface area contributed by atoms with E-state index in [1.807, 2.05) is 31.3 Å². The Hall–Kier alpha value is -1.59. The first kappa shape index (κ1) is 12.4. The van der Waals surface area contributed by atoms with Crippen LogP contribution in [0.3, 0.4) is 0 Å². The number of likely N-dealkylation sites (N-methyl/N-ethyl adjacent to an activating group) is 2. The Morgan fingerprint density at radius 2 is 2.11 bits per heavy atom. The van der Waals surface area contributed by atoms with Crippen LogP contribution in [0.25, 0.3) is 0 Å². The first-order chi connectivity index (χ1) is 9.16. The molecule has 2 unspecified atom stereocenters. The van der Waals surface area contributed by atoms with Crippen molar-refractivity contribution in [3.63, 3.8) is 0 Å². The predicted molar refractivity (Wildman–Crippen MR) is 73.6 cm³/mol. The van der Waals surface area contributed by atoms with Gasteiger partial charge in [-0.25, -0.2) is 0 Å². The van der Waals surface area contributed by atoms with Crippen LogP contribution in [0, 0.1) is 0 Å². The number of hydrogen-bond donors (Lipinski definition) is 1. The molecular weight excluding hydrogens is 242 g/mol. The summed E-state index contributed by atoms with van der Waals surface area (Å²) in [4.78, 5) is 16.4. The summed E-state index contributed by atoms with van der Waals surface area (Å²) in [6, 6.07) is 7.71. The van der Waals surface area contributed by atoms with Crippen LogP contribution in [0.4, 0.5) is 5.69 Å². The number of para-hydroxylation sites is 2. The number of amides is 1. The molecule has 1 fully saturated rings. The van der Waals surface area contributed by atoms with Crippen LogP contribution in [0.1, 0.15) is 0 Å². The topological polar surface area (TPSA) is 44.8 Å². The second kappa shape index (κ2) is 4.83. The van der Waals surface area contributed by atoms with E-state index in [9.17, 15) is 4.79 Å². The number of hydrogen-bond acceptors (Lipinski definition) is 4. The number of carbonyl (C=O) groups excluding carboxylic acids is 1. The number of rotatable bonds is 1. The molecule has 1 aromatic rings. The molecule has 2 atom stereocenters. The maximum atomic E-state index is 12.4. The van der Waals surface area contributed by atoms with Crippen molar-refractivity contribution in [2.45, 2.75) is 12.1 Å². The minimum atomic E-state index is -0.442. The summed E-state index contributed by atoms with van der Waals surface area (Å²) in [5, 5.41) is 3.39. The van der Waals surface area contributed by atoms with E-state index in [0.29, 0.717) is 0 Å². The number of benzene rings is 1. The van der Waals surface area contributed by atoms with Gasteiger partial charge in [-0.15, -0.1) is 0 Å². The zero-order chi connectivity index (χ0) is 13.4. The molecule has 0 aliphatic carbocycles. The molecule has 19 heavy (non-hydrogen) atoms. The van der Waals surface area contributed by atoms with Gasteiger partial charge < -0.3 is 19.9 Å². The highest BCUT2D eigenvalue weighted by atomic mass is 16.5. The van der Waals surface area contributed by atoms with E-state index < -0.39 is 6.10 Å². The van der Waals surface area contributed by atoms with E-state index in [2.05, 4.69) is 17.3 Å². The van der Waals surface area contributed by atoms with Crippen molar-refractivity contribution in [2.75, 3.05) is 38.6 Å². The molecule has 102 valence electrons. The van der Waals surface area contributed by atoms with E-state index in [1.165, 1.54) is 0 Å². The van der Waals surface area contributed by atoms with Crippen LogP contribution in [-0.2, 0) is 4.79 Å². The molecule has 0 saturated carbocycles. The average Bonchev–Trinajstić information content (AvgIpc) is 2.43. The van der Waals surface area contributed by atoms with Crippen molar-refractivity contribution >= 4 is 11.6 Å². The lowest BCUT2D eigenvalue weighted by molar-refractivity contribution is -0.127. The molecule has 1 amide bonds. The summed E-state index contributed by atoms with van der Waals surface area (Å²) in [5.74, 6) is 0.802.